The molecule has 1 aromatic rings. The third-order valence-corrected chi connectivity index (χ3v) is 5.34. The minimum absolute atomic E-state index is 0.182. The Morgan fingerprint density at radius 3 is 2.76 bits per heavy atom. The first-order valence-corrected chi connectivity index (χ1v) is 7.59. The van der Waals surface area contributed by atoms with Crippen LogP contribution in [0.3, 0.4) is 0 Å². The van der Waals surface area contributed by atoms with Crippen molar-refractivity contribution < 1.29 is 13.2 Å². The molecule has 0 aromatic heterocycles. The summed E-state index contributed by atoms with van der Waals surface area (Å²) in [7, 11) is -2.83. The first-order chi connectivity index (χ1) is 8.02. The van der Waals surface area contributed by atoms with E-state index >= 15 is 0 Å². The number of hydrogen-bond donors (Lipinski definition) is 0. The summed E-state index contributed by atoms with van der Waals surface area (Å²) in [5.41, 5.74) is 1.70. The summed E-state index contributed by atoms with van der Waals surface area (Å²) in [6.07, 6.45) is 1.55. The molecular weight excluding hydrogens is 236 g/mol. The number of carbonyl (C=O) groups excluding carboxylic acids is 1. The highest BCUT2D eigenvalue weighted by Gasteiger charge is 2.32. The lowest BCUT2D eigenvalue weighted by Gasteiger charge is -2.18. The lowest BCUT2D eigenvalue weighted by Crippen LogP contribution is -2.12. The standard InChI is InChI=1S/C13H16O3S/c1-10(13-5-6-17(15,16)9-13)12-4-2-3-11(7-12)8-14/h2-4,7-8,10,13H,5-6,9H2,1H3. The van der Waals surface area contributed by atoms with Gasteiger partial charge in [0.05, 0.1) is 11.5 Å². The van der Waals surface area contributed by atoms with Gasteiger partial charge < -0.3 is 0 Å². The van der Waals surface area contributed by atoms with Crippen molar-refractivity contribution in [3.63, 3.8) is 0 Å². The molecule has 0 radical (unpaired) electrons. The Hall–Kier alpha value is -1.16. The summed E-state index contributed by atoms with van der Waals surface area (Å²) in [6.45, 7) is 2.04. The molecule has 1 heterocycles. The SMILES string of the molecule is CC(c1cccc(C=O)c1)C1CCS(=O)(=O)C1. The van der Waals surface area contributed by atoms with Gasteiger partial charge in [0.15, 0.2) is 9.84 Å². The van der Waals surface area contributed by atoms with Crippen molar-refractivity contribution in [3.8, 4) is 0 Å². The summed E-state index contributed by atoms with van der Waals surface area (Å²) < 4.78 is 22.9. The maximum atomic E-state index is 11.4. The molecule has 1 saturated heterocycles. The van der Waals surface area contributed by atoms with Crippen molar-refractivity contribution in [1.82, 2.24) is 0 Å². The second kappa shape index (κ2) is 4.61. The number of carbonyl (C=O) groups is 1. The minimum atomic E-state index is -2.83. The zero-order valence-corrected chi connectivity index (χ0v) is 10.6. The van der Waals surface area contributed by atoms with Gasteiger partial charge in [-0.05, 0) is 29.9 Å². The molecule has 3 nitrogen and oxygen atoms in total. The molecule has 1 aliphatic rings. The fourth-order valence-electron chi connectivity index (χ4n) is 2.41. The van der Waals surface area contributed by atoms with E-state index in [2.05, 4.69) is 0 Å². The minimum Gasteiger partial charge on any atom is -0.298 e. The van der Waals surface area contributed by atoms with Crippen LogP contribution in [-0.4, -0.2) is 26.2 Å². The number of aldehydes is 1. The monoisotopic (exact) mass is 252 g/mol. The van der Waals surface area contributed by atoms with Crippen LogP contribution in [0.15, 0.2) is 24.3 Å². The topological polar surface area (TPSA) is 51.2 Å². The van der Waals surface area contributed by atoms with Crippen LogP contribution in [0.1, 0.15) is 35.2 Å². The van der Waals surface area contributed by atoms with E-state index in [0.29, 0.717) is 11.3 Å². The van der Waals surface area contributed by atoms with Crippen LogP contribution in [0.4, 0.5) is 0 Å². The highest BCUT2D eigenvalue weighted by atomic mass is 32.2. The third-order valence-electron chi connectivity index (χ3n) is 3.55. The molecule has 0 aliphatic carbocycles. The van der Waals surface area contributed by atoms with Crippen LogP contribution < -0.4 is 0 Å². The molecule has 1 aromatic carbocycles. The van der Waals surface area contributed by atoms with Crippen LogP contribution in [0, 0.1) is 5.92 Å². The maximum absolute atomic E-state index is 11.4. The van der Waals surface area contributed by atoms with Gasteiger partial charge in [0, 0.05) is 5.56 Å². The molecule has 0 spiro atoms. The first kappa shape index (κ1) is 12.3. The van der Waals surface area contributed by atoms with Gasteiger partial charge in [-0.1, -0.05) is 25.1 Å². The van der Waals surface area contributed by atoms with E-state index in [1.807, 2.05) is 25.1 Å². The van der Waals surface area contributed by atoms with Crippen molar-refractivity contribution in [2.24, 2.45) is 5.92 Å². The average Bonchev–Trinajstić information content (AvgIpc) is 2.69. The van der Waals surface area contributed by atoms with Gasteiger partial charge in [-0.3, -0.25) is 4.79 Å². The van der Waals surface area contributed by atoms with E-state index < -0.39 is 9.84 Å². The van der Waals surface area contributed by atoms with Crippen molar-refractivity contribution in [2.45, 2.75) is 19.3 Å². The Kier molecular flexibility index (Phi) is 3.33. The number of sulfone groups is 1. The smallest absolute Gasteiger partial charge is 0.150 e. The lowest BCUT2D eigenvalue weighted by atomic mass is 9.87. The van der Waals surface area contributed by atoms with Gasteiger partial charge in [-0.25, -0.2) is 8.42 Å². The van der Waals surface area contributed by atoms with E-state index in [-0.39, 0.29) is 17.6 Å². The van der Waals surface area contributed by atoms with Gasteiger partial charge in [-0.15, -0.1) is 0 Å². The molecule has 0 N–H and O–H groups in total. The molecule has 0 amide bonds. The van der Waals surface area contributed by atoms with E-state index in [1.165, 1.54) is 0 Å². The number of benzene rings is 1. The molecule has 17 heavy (non-hydrogen) atoms. The molecule has 0 bridgehead atoms. The Bertz CT molecular complexity index is 519. The predicted octanol–water partition coefficient (Wildman–Crippen LogP) is 2.04. The Morgan fingerprint density at radius 1 is 1.41 bits per heavy atom. The van der Waals surface area contributed by atoms with Crippen molar-refractivity contribution in [3.05, 3.63) is 35.4 Å². The third kappa shape index (κ3) is 2.75. The van der Waals surface area contributed by atoms with E-state index in [4.69, 9.17) is 0 Å². The maximum Gasteiger partial charge on any atom is 0.150 e. The van der Waals surface area contributed by atoms with E-state index in [1.54, 1.807) is 6.07 Å². The first-order valence-electron chi connectivity index (χ1n) is 5.77. The quantitative estimate of drug-likeness (QED) is 0.773. The largest absolute Gasteiger partial charge is 0.298 e. The predicted molar refractivity (Wildman–Crippen MR) is 67.0 cm³/mol. The lowest BCUT2D eigenvalue weighted by molar-refractivity contribution is 0.112. The van der Waals surface area contributed by atoms with Crippen LogP contribution >= 0.6 is 0 Å². The molecule has 2 rings (SSSR count). The second-order valence-corrected chi connectivity index (χ2v) is 6.97. The molecule has 0 saturated carbocycles. The fourth-order valence-corrected chi connectivity index (χ4v) is 4.34. The summed E-state index contributed by atoms with van der Waals surface area (Å²) in [4.78, 5) is 10.7. The summed E-state index contributed by atoms with van der Waals surface area (Å²) in [5.74, 6) is 0.948. The molecule has 1 aliphatic heterocycles. The van der Waals surface area contributed by atoms with Crippen LogP contribution in [-0.2, 0) is 9.84 Å². The van der Waals surface area contributed by atoms with E-state index in [9.17, 15) is 13.2 Å². The number of rotatable bonds is 3. The van der Waals surface area contributed by atoms with Gasteiger partial charge in [-0.2, -0.15) is 0 Å². The highest BCUT2D eigenvalue weighted by molar-refractivity contribution is 7.91. The number of hydrogen-bond acceptors (Lipinski definition) is 3. The average molecular weight is 252 g/mol. The van der Waals surface area contributed by atoms with Crippen LogP contribution in [0.5, 0.6) is 0 Å². The molecule has 2 atom stereocenters. The summed E-state index contributed by atoms with van der Waals surface area (Å²) >= 11 is 0. The molecule has 4 heteroatoms. The Morgan fingerprint density at radius 2 is 2.18 bits per heavy atom. The van der Waals surface area contributed by atoms with Gasteiger partial charge >= 0.3 is 0 Å². The zero-order chi connectivity index (χ0) is 12.5. The zero-order valence-electron chi connectivity index (χ0n) is 9.80. The summed E-state index contributed by atoms with van der Waals surface area (Å²) in [6, 6.07) is 7.42. The molecule has 1 fully saturated rings. The van der Waals surface area contributed by atoms with Gasteiger partial charge in [0.1, 0.15) is 6.29 Å². The van der Waals surface area contributed by atoms with Crippen molar-refractivity contribution in [1.29, 1.82) is 0 Å². The normalized spacial score (nSPS) is 24.4. The van der Waals surface area contributed by atoms with Crippen LogP contribution in [0.2, 0.25) is 0 Å². The molecule has 92 valence electrons. The van der Waals surface area contributed by atoms with Crippen molar-refractivity contribution >= 4 is 16.1 Å². The molecule has 2 unspecified atom stereocenters. The Labute approximate surface area is 102 Å². The fraction of sp³-hybridized carbons (Fsp3) is 0.462. The van der Waals surface area contributed by atoms with Gasteiger partial charge in [0.25, 0.3) is 0 Å². The van der Waals surface area contributed by atoms with Gasteiger partial charge in [0.2, 0.25) is 0 Å². The second-order valence-electron chi connectivity index (χ2n) is 4.74. The Balaban J connectivity index is 2.19. The van der Waals surface area contributed by atoms with E-state index in [0.717, 1.165) is 18.3 Å². The van der Waals surface area contributed by atoms with Crippen molar-refractivity contribution in [2.75, 3.05) is 11.5 Å². The highest BCUT2D eigenvalue weighted by Crippen LogP contribution is 2.32. The van der Waals surface area contributed by atoms with Crippen LogP contribution in [0.25, 0.3) is 0 Å². The summed E-state index contributed by atoms with van der Waals surface area (Å²) in [5, 5.41) is 0. The molecular formula is C13H16O3S.